The fourth-order valence-corrected chi connectivity index (χ4v) is 4.63. The smallest absolute Gasteiger partial charge is 0.249 e. The largest absolute Gasteiger partial charge is 0.308 e. The minimum Gasteiger partial charge on any atom is -0.308 e. The quantitative estimate of drug-likeness (QED) is 0.769. The Hall–Kier alpha value is -2.70. The molecule has 5 rings (SSSR count). The van der Waals surface area contributed by atoms with Crippen molar-refractivity contribution in [3.8, 4) is 0 Å². The summed E-state index contributed by atoms with van der Waals surface area (Å²) in [5.74, 6) is -0.395. The number of carbonyl (C=O) groups is 3. The normalized spacial score (nSPS) is 25.1. The van der Waals surface area contributed by atoms with Gasteiger partial charge in [0.2, 0.25) is 23.7 Å². The number of hydrogen-bond donors (Lipinski definition) is 0. The maximum absolute atomic E-state index is 12.9. The first-order valence-electron chi connectivity index (χ1n) is 9.26. The van der Waals surface area contributed by atoms with Crippen LogP contribution in [0.2, 0.25) is 0 Å². The number of imide groups is 1. The van der Waals surface area contributed by atoms with Gasteiger partial charge in [-0.1, -0.05) is 25.0 Å². The SMILES string of the molecule is O=C1C2CCCCC2C(=O)N1CC(=O)N1CCn2c1nc1ccccc12. The Morgan fingerprint density at radius 3 is 2.46 bits per heavy atom. The van der Waals surface area contributed by atoms with E-state index >= 15 is 0 Å². The summed E-state index contributed by atoms with van der Waals surface area (Å²) < 4.78 is 2.01. The van der Waals surface area contributed by atoms with Crippen molar-refractivity contribution >= 4 is 34.7 Å². The van der Waals surface area contributed by atoms with Crippen LogP contribution in [0, 0.1) is 11.8 Å². The van der Waals surface area contributed by atoms with Crippen LogP contribution >= 0.6 is 0 Å². The molecule has 7 heteroatoms. The zero-order chi connectivity index (χ0) is 17.8. The molecule has 1 saturated heterocycles. The third kappa shape index (κ3) is 2.12. The second-order valence-corrected chi connectivity index (χ2v) is 7.36. The molecule has 2 atom stereocenters. The molecule has 2 fully saturated rings. The number of amides is 3. The molecule has 3 aliphatic rings. The highest BCUT2D eigenvalue weighted by atomic mass is 16.2. The van der Waals surface area contributed by atoms with E-state index in [1.807, 2.05) is 28.8 Å². The third-order valence-electron chi connectivity index (χ3n) is 5.95. The van der Waals surface area contributed by atoms with Gasteiger partial charge in [0.25, 0.3) is 0 Å². The van der Waals surface area contributed by atoms with E-state index in [0.29, 0.717) is 19.0 Å². The zero-order valence-corrected chi connectivity index (χ0v) is 14.4. The van der Waals surface area contributed by atoms with Crippen molar-refractivity contribution in [2.45, 2.75) is 32.2 Å². The second kappa shape index (κ2) is 5.65. The topological polar surface area (TPSA) is 75.5 Å². The first-order chi connectivity index (χ1) is 12.6. The molecule has 7 nitrogen and oxygen atoms in total. The van der Waals surface area contributed by atoms with Crippen LogP contribution in [-0.4, -0.2) is 45.3 Å². The van der Waals surface area contributed by atoms with Gasteiger partial charge in [-0.15, -0.1) is 0 Å². The molecular formula is C19H20N4O3. The number of rotatable bonds is 2. The van der Waals surface area contributed by atoms with Crippen molar-refractivity contribution < 1.29 is 14.4 Å². The van der Waals surface area contributed by atoms with Crippen molar-refractivity contribution in [3.63, 3.8) is 0 Å². The predicted octanol–water partition coefficient (Wildman–Crippen LogP) is 1.56. The third-order valence-corrected chi connectivity index (χ3v) is 5.95. The van der Waals surface area contributed by atoms with Crippen molar-refractivity contribution in [1.29, 1.82) is 0 Å². The van der Waals surface area contributed by atoms with Crippen LogP contribution in [-0.2, 0) is 20.9 Å². The maximum Gasteiger partial charge on any atom is 0.249 e. The summed E-state index contributed by atoms with van der Waals surface area (Å²) in [6, 6.07) is 7.77. The molecular weight excluding hydrogens is 332 g/mol. The molecule has 0 N–H and O–H groups in total. The van der Waals surface area contributed by atoms with E-state index < -0.39 is 0 Å². The highest BCUT2D eigenvalue weighted by Gasteiger charge is 2.49. The highest BCUT2D eigenvalue weighted by Crippen LogP contribution is 2.38. The average molecular weight is 352 g/mol. The molecule has 134 valence electrons. The van der Waals surface area contributed by atoms with Crippen LogP contribution in [0.3, 0.4) is 0 Å². The molecule has 2 aliphatic heterocycles. The second-order valence-electron chi connectivity index (χ2n) is 7.36. The van der Waals surface area contributed by atoms with Gasteiger partial charge in [-0.05, 0) is 25.0 Å². The number of imidazole rings is 1. The van der Waals surface area contributed by atoms with E-state index in [2.05, 4.69) is 4.98 Å². The first-order valence-corrected chi connectivity index (χ1v) is 9.26. The minimum atomic E-state index is -0.237. The average Bonchev–Trinajstić information content (AvgIpc) is 3.29. The fraction of sp³-hybridized carbons (Fsp3) is 0.474. The van der Waals surface area contributed by atoms with Gasteiger partial charge in [-0.3, -0.25) is 24.2 Å². The number of para-hydroxylation sites is 2. The monoisotopic (exact) mass is 352 g/mol. The summed E-state index contributed by atoms with van der Waals surface area (Å²) in [5, 5.41) is 0. The van der Waals surface area contributed by atoms with E-state index in [-0.39, 0.29) is 36.1 Å². The molecule has 1 aliphatic carbocycles. The first kappa shape index (κ1) is 15.5. The maximum atomic E-state index is 12.9. The number of fused-ring (bicyclic) bond motifs is 4. The molecule has 2 aromatic rings. The van der Waals surface area contributed by atoms with Crippen molar-refractivity contribution in [1.82, 2.24) is 14.5 Å². The molecule has 1 aromatic carbocycles. The van der Waals surface area contributed by atoms with Crippen molar-refractivity contribution in [2.75, 3.05) is 18.0 Å². The van der Waals surface area contributed by atoms with Crippen molar-refractivity contribution in [2.24, 2.45) is 11.8 Å². The van der Waals surface area contributed by atoms with Gasteiger partial charge in [0.05, 0.1) is 22.9 Å². The molecule has 3 amide bonds. The molecule has 2 unspecified atom stereocenters. The molecule has 3 heterocycles. The number of hydrogen-bond acceptors (Lipinski definition) is 4. The Balaban J connectivity index is 1.39. The van der Waals surface area contributed by atoms with Crippen molar-refractivity contribution in [3.05, 3.63) is 24.3 Å². The van der Waals surface area contributed by atoms with Crippen LogP contribution in [0.1, 0.15) is 25.7 Å². The lowest BCUT2D eigenvalue weighted by Gasteiger charge is -2.19. The Labute approximate surface area is 150 Å². The van der Waals surface area contributed by atoms with E-state index in [1.165, 1.54) is 4.90 Å². The van der Waals surface area contributed by atoms with Gasteiger partial charge in [0.15, 0.2) is 0 Å². The van der Waals surface area contributed by atoms with Crippen LogP contribution in [0.5, 0.6) is 0 Å². The molecule has 0 spiro atoms. The lowest BCUT2D eigenvalue weighted by molar-refractivity contribution is -0.143. The van der Waals surface area contributed by atoms with Crippen LogP contribution in [0.15, 0.2) is 24.3 Å². The summed E-state index contributed by atoms with van der Waals surface area (Å²) in [4.78, 5) is 45.4. The molecule has 0 radical (unpaired) electrons. The van der Waals surface area contributed by atoms with Gasteiger partial charge in [-0.25, -0.2) is 4.98 Å². The Morgan fingerprint density at radius 1 is 1.04 bits per heavy atom. The summed E-state index contributed by atoms with van der Waals surface area (Å²) in [6.45, 7) is 1.03. The Bertz CT molecular complexity index is 910. The number of carbonyl (C=O) groups excluding carboxylic acids is 3. The van der Waals surface area contributed by atoms with E-state index in [9.17, 15) is 14.4 Å². The van der Waals surface area contributed by atoms with Gasteiger partial charge in [0.1, 0.15) is 6.54 Å². The lowest BCUT2D eigenvalue weighted by atomic mass is 9.81. The standard InChI is InChI=1S/C19H20N4O3/c24-16(11-23-17(25)12-5-1-2-6-13(12)18(23)26)22-10-9-21-15-8-4-3-7-14(15)20-19(21)22/h3-4,7-8,12-13H,1-2,5-6,9-11H2. The number of nitrogens with zero attached hydrogens (tertiary/aromatic N) is 4. The van der Waals surface area contributed by atoms with Gasteiger partial charge >= 0.3 is 0 Å². The molecule has 26 heavy (non-hydrogen) atoms. The summed E-state index contributed by atoms with van der Waals surface area (Å²) >= 11 is 0. The van der Waals surface area contributed by atoms with Crippen LogP contribution in [0.4, 0.5) is 5.95 Å². The van der Waals surface area contributed by atoms with Crippen LogP contribution < -0.4 is 4.90 Å². The van der Waals surface area contributed by atoms with E-state index in [1.54, 1.807) is 4.90 Å². The minimum absolute atomic E-state index is 0.166. The van der Waals surface area contributed by atoms with Gasteiger partial charge in [0, 0.05) is 13.1 Å². The predicted molar refractivity (Wildman–Crippen MR) is 94.3 cm³/mol. The fourth-order valence-electron chi connectivity index (χ4n) is 4.63. The van der Waals surface area contributed by atoms with Gasteiger partial charge < -0.3 is 4.57 Å². The zero-order valence-electron chi connectivity index (χ0n) is 14.4. The van der Waals surface area contributed by atoms with E-state index in [4.69, 9.17) is 0 Å². The summed E-state index contributed by atoms with van der Waals surface area (Å²) in [5.41, 5.74) is 1.84. The summed E-state index contributed by atoms with van der Waals surface area (Å²) in [7, 11) is 0. The number of aromatic nitrogens is 2. The lowest BCUT2D eigenvalue weighted by Crippen LogP contribution is -2.43. The Morgan fingerprint density at radius 2 is 1.73 bits per heavy atom. The number of anilines is 1. The molecule has 1 aromatic heterocycles. The number of benzene rings is 1. The van der Waals surface area contributed by atoms with Gasteiger partial charge in [-0.2, -0.15) is 0 Å². The molecule has 0 bridgehead atoms. The van der Waals surface area contributed by atoms with E-state index in [0.717, 1.165) is 36.7 Å². The van der Waals surface area contributed by atoms with Crippen LogP contribution in [0.25, 0.3) is 11.0 Å². The summed E-state index contributed by atoms with van der Waals surface area (Å²) in [6.07, 6.45) is 3.50. The highest BCUT2D eigenvalue weighted by molar-refractivity contribution is 6.09. The number of likely N-dealkylation sites (tertiary alicyclic amines) is 1. The molecule has 1 saturated carbocycles. The Kier molecular flexibility index (Phi) is 3.38.